The average molecular weight is 247 g/mol. The standard InChI is InChI=1S/C12H7ClN2S/c13-12-11-9(14-7-15-12)6-10(16-11)8-4-2-1-3-5-8/h1-7H. The van der Waals surface area contributed by atoms with Gasteiger partial charge in [0.15, 0.2) is 0 Å². The van der Waals surface area contributed by atoms with E-state index in [0.29, 0.717) is 5.15 Å². The molecule has 2 nitrogen and oxygen atoms in total. The van der Waals surface area contributed by atoms with Gasteiger partial charge in [0.2, 0.25) is 0 Å². The third-order valence-electron chi connectivity index (χ3n) is 2.33. The molecule has 78 valence electrons. The lowest BCUT2D eigenvalue weighted by molar-refractivity contribution is 1.23. The highest BCUT2D eigenvalue weighted by molar-refractivity contribution is 7.22. The predicted octanol–water partition coefficient (Wildman–Crippen LogP) is 4.01. The Kier molecular flexibility index (Phi) is 2.35. The topological polar surface area (TPSA) is 25.8 Å². The molecule has 0 spiro atoms. The van der Waals surface area contributed by atoms with E-state index in [9.17, 15) is 0 Å². The van der Waals surface area contributed by atoms with Gasteiger partial charge in [-0.1, -0.05) is 41.9 Å². The zero-order valence-corrected chi connectivity index (χ0v) is 9.79. The van der Waals surface area contributed by atoms with Crippen molar-refractivity contribution in [2.24, 2.45) is 0 Å². The van der Waals surface area contributed by atoms with Gasteiger partial charge >= 0.3 is 0 Å². The van der Waals surface area contributed by atoms with E-state index in [1.807, 2.05) is 24.3 Å². The van der Waals surface area contributed by atoms with Crippen molar-refractivity contribution in [3.05, 3.63) is 47.9 Å². The summed E-state index contributed by atoms with van der Waals surface area (Å²) in [6, 6.07) is 12.2. The lowest BCUT2D eigenvalue weighted by Gasteiger charge is -1.93. The molecular formula is C12H7ClN2S. The minimum atomic E-state index is 0.525. The molecule has 4 heteroatoms. The smallest absolute Gasteiger partial charge is 0.150 e. The minimum absolute atomic E-state index is 0.525. The quantitative estimate of drug-likeness (QED) is 0.607. The molecule has 0 aliphatic rings. The fraction of sp³-hybridized carbons (Fsp3) is 0. The number of hydrogen-bond donors (Lipinski definition) is 0. The Hall–Kier alpha value is -1.45. The van der Waals surface area contributed by atoms with Gasteiger partial charge in [-0.25, -0.2) is 9.97 Å². The number of rotatable bonds is 1. The lowest BCUT2D eigenvalue weighted by Crippen LogP contribution is -1.76. The van der Waals surface area contributed by atoms with E-state index in [1.54, 1.807) is 11.3 Å². The molecule has 0 atom stereocenters. The average Bonchev–Trinajstić information content (AvgIpc) is 2.76. The molecule has 0 saturated carbocycles. The third kappa shape index (κ3) is 1.58. The molecule has 0 bridgehead atoms. The maximum atomic E-state index is 6.02. The highest BCUT2D eigenvalue weighted by atomic mass is 35.5. The Morgan fingerprint density at radius 1 is 1.06 bits per heavy atom. The van der Waals surface area contributed by atoms with E-state index < -0.39 is 0 Å². The van der Waals surface area contributed by atoms with Crippen molar-refractivity contribution >= 4 is 33.2 Å². The van der Waals surface area contributed by atoms with Gasteiger partial charge in [-0.15, -0.1) is 11.3 Å². The summed E-state index contributed by atoms with van der Waals surface area (Å²) in [4.78, 5) is 9.35. The molecule has 1 aromatic carbocycles. The Bertz CT molecular complexity index is 634. The SMILES string of the molecule is Clc1ncnc2cc(-c3ccccc3)sc12. The molecule has 0 amide bonds. The van der Waals surface area contributed by atoms with Crippen LogP contribution in [0.5, 0.6) is 0 Å². The van der Waals surface area contributed by atoms with E-state index >= 15 is 0 Å². The van der Waals surface area contributed by atoms with Crippen molar-refractivity contribution in [1.82, 2.24) is 9.97 Å². The largest absolute Gasteiger partial charge is 0.235 e. The molecule has 0 fully saturated rings. The van der Waals surface area contributed by atoms with Crippen LogP contribution in [0.15, 0.2) is 42.7 Å². The first-order valence-corrected chi connectivity index (χ1v) is 5.99. The Balaban J connectivity index is 2.23. The second-order valence-electron chi connectivity index (χ2n) is 3.36. The summed E-state index contributed by atoms with van der Waals surface area (Å²) in [5, 5.41) is 0.525. The molecule has 0 radical (unpaired) electrons. The second kappa shape index (κ2) is 3.85. The summed E-state index contributed by atoms with van der Waals surface area (Å²) >= 11 is 7.64. The molecular weight excluding hydrogens is 240 g/mol. The van der Waals surface area contributed by atoms with Crippen LogP contribution in [-0.4, -0.2) is 9.97 Å². The number of halogens is 1. The fourth-order valence-electron chi connectivity index (χ4n) is 1.57. The molecule has 2 aromatic heterocycles. The summed E-state index contributed by atoms with van der Waals surface area (Å²) in [5.41, 5.74) is 2.09. The van der Waals surface area contributed by atoms with Crippen molar-refractivity contribution in [3.8, 4) is 10.4 Å². The molecule has 3 aromatic rings. The molecule has 0 N–H and O–H groups in total. The number of fused-ring (bicyclic) bond motifs is 1. The molecule has 16 heavy (non-hydrogen) atoms. The highest BCUT2D eigenvalue weighted by Crippen LogP contribution is 2.34. The molecule has 0 aliphatic carbocycles. The number of thiophene rings is 1. The van der Waals surface area contributed by atoms with Gasteiger partial charge < -0.3 is 0 Å². The van der Waals surface area contributed by atoms with E-state index in [-0.39, 0.29) is 0 Å². The van der Waals surface area contributed by atoms with Crippen LogP contribution >= 0.6 is 22.9 Å². The van der Waals surface area contributed by atoms with Gasteiger partial charge in [-0.05, 0) is 11.6 Å². The van der Waals surface area contributed by atoms with E-state index in [4.69, 9.17) is 11.6 Å². The third-order valence-corrected chi connectivity index (χ3v) is 3.90. The lowest BCUT2D eigenvalue weighted by atomic mass is 10.2. The predicted molar refractivity (Wildman–Crippen MR) is 67.9 cm³/mol. The number of nitrogens with zero attached hydrogens (tertiary/aromatic N) is 2. The van der Waals surface area contributed by atoms with Crippen molar-refractivity contribution in [1.29, 1.82) is 0 Å². The van der Waals surface area contributed by atoms with Gasteiger partial charge in [0.25, 0.3) is 0 Å². The first-order valence-electron chi connectivity index (χ1n) is 4.80. The van der Waals surface area contributed by atoms with Gasteiger partial charge in [-0.3, -0.25) is 0 Å². The second-order valence-corrected chi connectivity index (χ2v) is 4.77. The zero-order chi connectivity index (χ0) is 11.0. The van der Waals surface area contributed by atoms with Crippen molar-refractivity contribution in [2.75, 3.05) is 0 Å². The summed E-state index contributed by atoms with van der Waals surface area (Å²) in [5.74, 6) is 0. The van der Waals surface area contributed by atoms with Crippen molar-refractivity contribution in [3.63, 3.8) is 0 Å². The summed E-state index contributed by atoms with van der Waals surface area (Å²) in [7, 11) is 0. The van der Waals surface area contributed by atoms with E-state index in [2.05, 4.69) is 22.1 Å². The van der Waals surface area contributed by atoms with E-state index in [1.165, 1.54) is 11.9 Å². The van der Waals surface area contributed by atoms with Crippen LogP contribution in [0.4, 0.5) is 0 Å². The van der Waals surface area contributed by atoms with E-state index in [0.717, 1.165) is 15.1 Å². The van der Waals surface area contributed by atoms with Crippen LogP contribution in [0.3, 0.4) is 0 Å². The summed E-state index contributed by atoms with van der Waals surface area (Å²) in [6.45, 7) is 0. The van der Waals surface area contributed by atoms with Gasteiger partial charge in [0, 0.05) is 4.88 Å². The maximum absolute atomic E-state index is 6.02. The summed E-state index contributed by atoms with van der Waals surface area (Å²) < 4.78 is 0.947. The Labute approximate surface area is 102 Å². The number of hydrogen-bond acceptors (Lipinski definition) is 3. The van der Waals surface area contributed by atoms with Crippen LogP contribution in [0, 0.1) is 0 Å². The first-order chi connectivity index (χ1) is 7.84. The number of aromatic nitrogens is 2. The highest BCUT2D eigenvalue weighted by Gasteiger charge is 2.07. The van der Waals surface area contributed by atoms with Gasteiger partial charge in [0.1, 0.15) is 11.5 Å². The summed E-state index contributed by atoms with van der Waals surface area (Å²) in [6.07, 6.45) is 1.49. The molecule has 2 heterocycles. The molecule has 0 unspecified atom stereocenters. The Morgan fingerprint density at radius 3 is 2.62 bits per heavy atom. The van der Waals surface area contributed by atoms with Crippen molar-refractivity contribution < 1.29 is 0 Å². The van der Waals surface area contributed by atoms with Crippen molar-refractivity contribution in [2.45, 2.75) is 0 Å². The normalized spacial score (nSPS) is 10.8. The Morgan fingerprint density at radius 2 is 1.88 bits per heavy atom. The number of benzene rings is 1. The van der Waals surface area contributed by atoms with Crippen LogP contribution in [0.2, 0.25) is 5.15 Å². The van der Waals surface area contributed by atoms with Crippen LogP contribution < -0.4 is 0 Å². The monoisotopic (exact) mass is 246 g/mol. The maximum Gasteiger partial charge on any atom is 0.150 e. The van der Waals surface area contributed by atoms with Gasteiger partial charge in [0.05, 0.1) is 10.2 Å². The first kappa shape index (κ1) is 9.75. The molecule has 0 saturated heterocycles. The van der Waals surface area contributed by atoms with Crippen LogP contribution in [-0.2, 0) is 0 Å². The van der Waals surface area contributed by atoms with Crippen LogP contribution in [0.1, 0.15) is 0 Å². The van der Waals surface area contributed by atoms with Gasteiger partial charge in [-0.2, -0.15) is 0 Å². The molecule has 3 rings (SSSR count). The minimum Gasteiger partial charge on any atom is -0.235 e. The van der Waals surface area contributed by atoms with Crippen LogP contribution in [0.25, 0.3) is 20.7 Å². The fourth-order valence-corrected chi connectivity index (χ4v) is 2.82. The molecule has 0 aliphatic heterocycles. The zero-order valence-electron chi connectivity index (χ0n) is 8.22.